The van der Waals surface area contributed by atoms with Crippen molar-refractivity contribution in [3.05, 3.63) is 113 Å². The Kier molecular flexibility index (Phi) is 8.49. The van der Waals surface area contributed by atoms with Gasteiger partial charge < -0.3 is 15.4 Å². The number of carbonyl (C=O) groups is 3. The summed E-state index contributed by atoms with van der Waals surface area (Å²) >= 11 is 0. The van der Waals surface area contributed by atoms with Crippen LogP contribution in [0.25, 0.3) is 5.69 Å². The lowest BCUT2D eigenvalue weighted by molar-refractivity contribution is -0.137. The lowest BCUT2D eigenvalue weighted by Crippen LogP contribution is -2.55. The van der Waals surface area contributed by atoms with Crippen LogP contribution in [-0.2, 0) is 21.2 Å². The van der Waals surface area contributed by atoms with Crippen molar-refractivity contribution in [3.63, 3.8) is 0 Å². The number of aromatic nitrogens is 2. The van der Waals surface area contributed by atoms with Crippen molar-refractivity contribution in [1.82, 2.24) is 20.4 Å². The number of para-hydroxylation sites is 1. The molecule has 13 heteroatoms. The van der Waals surface area contributed by atoms with E-state index >= 15 is 0 Å². The first-order chi connectivity index (χ1) is 23.1. The molecule has 1 aliphatic carbocycles. The summed E-state index contributed by atoms with van der Waals surface area (Å²) in [7, 11) is 0. The van der Waals surface area contributed by atoms with Crippen LogP contribution in [0.4, 0.5) is 28.2 Å². The number of amides is 3. The molecular weight excluding hydrogens is 642 g/mol. The summed E-state index contributed by atoms with van der Waals surface area (Å²) in [6.07, 6.45) is -4.38. The Bertz CT molecular complexity index is 1900. The fraction of sp³-hybridized carbons (Fsp3) is 0.333. The Morgan fingerprint density at radius 2 is 1.65 bits per heavy atom. The average molecular weight is 678 g/mol. The maximum Gasteiger partial charge on any atom is 0.416 e. The van der Waals surface area contributed by atoms with Gasteiger partial charge in [-0.25, -0.2) is 13.9 Å². The lowest BCUT2D eigenvalue weighted by Gasteiger charge is -2.39. The zero-order chi connectivity index (χ0) is 35.3. The first kappa shape index (κ1) is 33.7. The average Bonchev–Trinajstić information content (AvgIpc) is 3.71. The van der Waals surface area contributed by atoms with Gasteiger partial charge in [-0.3, -0.25) is 14.5 Å². The Hall–Kier alpha value is -5.20. The van der Waals surface area contributed by atoms with E-state index in [0.717, 1.165) is 18.2 Å². The smallest absolute Gasteiger partial charge is 0.416 e. The summed E-state index contributed by atoms with van der Waals surface area (Å²) in [4.78, 5) is 42.8. The van der Waals surface area contributed by atoms with Crippen LogP contribution in [0, 0.1) is 5.82 Å². The lowest BCUT2D eigenvalue weighted by atomic mass is 9.79. The first-order valence-corrected chi connectivity index (χ1v) is 15.9. The monoisotopic (exact) mass is 677 g/mol. The van der Waals surface area contributed by atoms with E-state index in [2.05, 4.69) is 10.6 Å². The van der Waals surface area contributed by atoms with Crippen LogP contribution in [0.3, 0.4) is 0 Å². The molecule has 2 atom stereocenters. The molecule has 2 N–H and O–H groups in total. The summed E-state index contributed by atoms with van der Waals surface area (Å²) in [5.41, 5.74) is -1.10. The molecule has 1 aliphatic heterocycles. The van der Waals surface area contributed by atoms with E-state index < -0.39 is 58.6 Å². The summed E-state index contributed by atoms with van der Waals surface area (Å²) in [6.45, 7) is 7.11. The van der Waals surface area contributed by atoms with E-state index in [-0.39, 0.29) is 12.1 Å². The van der Waals surface area contributed by atoms with E-state index in [4.69, 9.17) is 9.84 Å². The number of anilines is 1. The number of nitrogens with zero attached hydrogens (tertiary/aromatic N) is 3. The molecule has 4 aromatic rings. The summed E-state index contributed by atoms with van der Waals surface area (Å²) in [6, 6.07) is 17.1. The number of nitrogens with one attached hydrogen (secondary N) is 2. The van der Waals surface area contributed by atoms with Gasteiger partial charge in [0.15, 0.2) is 0 Å². The molecule has 1 saturated carbocycles. The number of carbonyl (C=O) groups excluding carboxylic acids is 3. The SMILES string of the molecule is CCN1C(=O)[C@H](NC(=O)c2cccc(C(F)(F)F)c2)[C@H](c2ccc(F)cc2)c2c(C3(NC(=O)OC(C)(C)C)CC3)nn(-c3ccccc3)c21. The second-order valence-corrected chi connectivity index (χ2v) is 13.2. The maximum atomic E-state index is 14.5. The Morgan fingerprint density at radius 1 is 0.980 bits per heavy atom. The van der Waals surface area contributed by atoms with Crippen LogP contribution in [0.1, 0.15) is 79.2 Å². The minimum absolute atomic E-state index is 0.141. The highest BCUT2D eigenvalue weighted by Gasteiger charge is 2.55. The number of fused-ring (bicyclic) bond motifs is 1. The molecule has 2 heterocycles. The minimum Gasteiger partial charge on any atom is -0.444 e. The third-order valence-electron chi connectivity index (χ3n) is 8.56. The molecule has 3 amide bonds. The van der Waals surface area contributed by atoms with Gasteiger partial charge >= 0.3 is 12.3 Å². The first-order valence-electron chi connectivity index (χ1n) is 15.9. The van der Waals surface area contributed by atoms with E-state index in [9.17, 15) is 31.9 Å². The van der Waals surface area contributed by atoms with Crippen molar-refractivity contribution in [2.24, 2.45) is 0 Å². The number of hydrogen-bond acceptors (Lipinski definition) is 5. The van der Waals surface area contributed by atoms with Gasteiger partial charge in [0.05, 0.1) is 22.5 Å². The van der Waals surface area contributed by atoms with E-state index in [1.807, 2.05) is 30.3 Å². The summed E-state index contributed by atoms with van der Waals surface area (Å²) in [5, 5.41) is 10.7. The third kappa shape index (κ3) is 6.61. The molecule has 0 unspecified atom stereocenters. The molecule has 1 aromatic heterocycles. The molecule has 0 bridgehead atoms. The Morgan fingerprint density at radius 3 is 2.24 bits per heavy atom. The van der Waals surface area contributed by atoms with Crippen molar-refractivity contribution < 1.29 is 36.7 Å². The predicted molar refractivity (Wildman–Crippen MR) is 173 cm³/mol. The minimum atomic E-state index is -4.69. The van der Waals surface area contributed by atoms with Crippen molar-refractivity contribution in [3.8, 4) is 5.69 Å². The normalized spacial score (nSPS) is 18.4. The topological polar surface area (TPSA) is 106 Å². The molecule has 256 valence electrons. The molecule has 6 rings (SSSR count). The van der Waals surface area contributed by atoms with Gasteiger partial charge in [0.2, 0.25) is 0 Å². The Balaban J connectivity index is 1.55. The Labute approximate surface area is 280 Å². The number of benzene rings is 3. The second-order valence-electron chi connectivity index (χ2n) is 13.2. The van der Waals surface area contributed by atoms with Gasteiger partial charge in [-0.2, -0.15) is 18.3 Å². The predicted octanol–water partition coefficient (Wildman–Crippen LogP) is 6.84. The standard InChI is InChI=1S/C36H35F4N5O4/c1-5-44-31-27(29(43-45(31)25-12-7-6-8-13-25)35(18-19-35)42-33(48)49-34(2,3)4)26(21-14-16-24(37)17-15-21)28(32(44)47)41-30(46)22-10-9-11-23(20-22)36(38,39)40/h6-17,20,26,28H,5,18-19H2,1-4H3,(H,41,46)(H,42,48)/t26-,28-/m1/s1. The number of ether oxygens (including phenoxy) is 1. The van der Waals surface area contributed by atoms with E-state index in [1.165, 1.54) is 35.2 Å². The molecule has 2 aliphatic rings. The van der Waals surface area contributed by atoms with Crippen LogP contribution < -0.4 is 15.5 Å². The molecule has 0 saturated heterocycles. The highest BCUT2D eigenvalue weighted by molar-refractivity contribution is 6.05. The summed E-state index contributed by atoms with van der Waals surface area (Å²) in [5.74, 6) is -2.56. The van der Waals surface area contributed by atoms with Crippen molar-refractivity contribution >= 4 is 23.7 Å². The molecule has 1 fully saturated rings. The van der Waals surface area contributed by atoms with Crippen molar-refractivity contribution in [2.75, 3.05) is 11.4 Å². The van der Waals surface area contributed by atoms with Gasteiger partial charge in [0.1, 0.15) is 23.3 Å². The number of hydrogen-bond donors (Lipinski definition) is 2. The van der Waals surface area contributed by atoms with Gasteiger partial charge in [-0.1, -0.05) is 36.4 Å². The molecule has 9 nitrogen and oxygen atoms in total. The number of alkyl carbamates (subject to hydrolysis) is 1. The van der Waals surface area contributed by atoms with Gasteiger partial charge in [0.25, 0.3) is 11.8 Å². The zero-order valence-corrected chi connectivity index (χ0v) is 27.3. The largest absolute Gasteiger partial charge is 0.444 e. The molecule has 0 spiro atoms. The third-order valence-corrected chi connectivity index (χ3v) is 8.56. The van der Waals surface area contributed by atoms with E-state index in [1.54, 1.807) is 32.4 Å². The van der Waals surface area contributed by atoms with Crippen LogP contribution in [-0.4, -0.2) is 45.9 Å². The fourth-order valence-electron chi connectivity index (χ4n) is 6.24. The number of halogens is 4. The quantitative estimate of drug-likeness (QED) is 0.209. The second kappa shape index (κ2) is 12.4. The van der Waals surface area contributed by atoms with Crippen LogP contribution in [0.2, 0.25) is 0 Å². The van der Waals surface area contributed by atoms with Crippen molar-refractivity contribution in [1.29, 1.82) is 0 Å². The number of likely N-dealkylation sites (N-methyl/N-ethyl adjacent to an activating group) is 1. The highest BCUT2D eigenvalue weighted by Crippen LogP contribution is 2.53. The van der Waals surface area contributed by atoms with Crippen LogP contribution >= 0.6 is 0 Å². The molecule has 3 aromatic carbocycles. The molecule has 49 heavy (non-hydrogen) atoms. The molecular formula is C36H35F4N5O4. The highest BCUT2D eigenvalue weighted by atomic mass is 19.4. The zero-order valence-electron chi connectivity index (χ0n) is 27.3. The number of rotatable bonds is 7. The van der Waals surface area contributed by atoms with Crippen LogP contribution in [0.15, 0.2) is 78.9 Å². The van der Waals surface area contributed by atoms with Crippen molar-refractivity contribution in [2.45, 2.75) is 69.8 Å². The summed E-state index contributed by atoms with van der Waals surface area (Å²) < 4.78 is 62.1. The van der Waals surface area contributed by atoms with Gasteiger partial charge in [-0.15, -0.1) is 0 Å². The van der Waals surface area contributed by atoms with Gasteiger partial charge in [-0.05, 0) is 88.6 Å². The fourth-order valence-corrected chi connectivity index (χ4v) is 6.24. The van der Waals surface area contributed by atoms with Gasteiger partial charge in [0, 0.05) is 23.6 Å². The maximum absolute atomic E-state index is 14.5. The number of alkyl halides is 3. The van der Waals surface area contributed by atoms with E-state index in [0.29, 0.717) is 41.2 Å². The molecule has 0 radical (unpaired) electrons. The van der Waals surface area contributed by atoms with Crippen LogP contribution in [0.5, 0.6) is 0 Å².